The Morgan fingerprint density at radius 2 is 1.68 bits per heavy atom. The molecule has 112 valence electrons. The van der Waals surface area contributed by atoms with Crippen molar-refractivity contribution in [2.45, 2.75) is 46.2 Å². The number of hydrogen-bond acceptors (Lipinski definition) is 0. The normalized spacial score (nSPS) is 17.5. The van der Waals surface area contributed by atoms with E-state index in [1.165, 1.54) is 30.4 Å². The fourth-order valence-corrected chi connectivity index (χ4v) is 8.19. The van der Waals surface area contributed by atoms with Gasteiger partial charge in [0.05, 0.1) is 0 Å². The van der Waals surface area contributed by atoms with E-state index in [0.717, 1.165) is 0 Å². The van der Waals surface area contributed by atoms with Gasteiger partial charge in [-0.25, -0.2) is 0 Å². The molecule has 0 radical (unpaired) electrons. The average molecular weight is 305 g/mol. The van der Waals surface area contributed by atoms with Gasteiger partial charge in [0.15, 0.2) is 0 Å². The van der Waals surface area contributed by atoms with Crippen LogP contribution in [0.15, 0.2) is 42.0 Å². The molecule has 1 aliphatic heterocycles. The maximum absolute atomic E-state index is 2.55. The van der Waals surface area contributed by atoms with Crippen molar-refractivity contribution in [2.24, 2.45) is 0 Å². The third-order valence-corrected chi connectivity index (χ3v) is 9.11. The Labute approximate surface area is 134 Å². The van der Waals surface area contributed by atoms with Gasteiger partial charge in [0.1, 0.15) is 8.07 Å². The zero-order valence-corrected chi connectivity index (χ0v) is 15.1. The first-order chi connectivity index (χ1) is 10.5. The molecule has 2 aromatic rings. The van der Waals surface area contributed by atoms with Crippen LogP contribution in [-0.4, -0.2) is 8.07 Å². The molecule has 0 amide bonds. The highest BCUT2D eigenvalue weighted by atomic mass is 28.3. The van der Waals surface area contributed by atoms with Gasteiger partial charge in [0.25, 0.3) is 0 Å². The van der Waals surface area contributed by atoms with Gasteiger partial charge in [-0.05, 0) is 52.4 Å². The molecule has 0 N–H and O–H groups in total. The molecule has 22 heavy (non-hydrogen) atoms. The van der Waals surface area contributed by atoms with Crippen molar-refractivity contribution in [1.82, 2.24) is 0 Å². The van der Waals surface area contributed by atoms with Crippen LogP contribution in [0.3, 0.4) is 0 Å². The molecule has 0 saturated heterocycles. The number of benzene rings is 2. The molecule has 1 aliphatic carbocycles. The smallest absolute Gasteiger partial charge is 0.0655 e. The standard InChI is InChI=1S/C21H24Si/c1-5-6-17-13-16-11-12-18-19(15-9-7-14(2)8-10-15)20(16)21(17)22(18,3)4/h7-12H,5-6,13H2,1-4H3. The Bertz CT molecular complexity index is 791. The Hall–Kier alpha value is -1.60. The molecule has 0 aromatic heterocycles. The molecule has 0 nitrogen and oxygen atoms in total. The maximum atomic E-state index is 2.55. The Kier molecular flexibility index (Phi) is 2.99. The molecule has 1 heterocycles. The van der Waals surface area contributed by atoms with E-state index < -0.39 is 8.07 Å². The summed E-state index contributed by atoms with van der Waals surface area (Å²) in [6.07, 6.45) is 3.75. The third-order valence-electron chi connectivity index (χ3n) is 5.49. The Morgan fingerprint density at radius 3 is 2.36 bits per heavy atom. The number of rotatable bonds is 3. The van der Waals surface area contributed by atoms with E-state index in [-0.39, 0.29) is 0 Å². The van der Waals surface area contributed by atoms with Crippen LogP contribution >= 0.6 is 0 Å². The lowest BCUT2D eigenvalue weighted by Crippen LogP contribution is -2.39. The quantitative estimate of drug-likeness (QED) is 0.680. The molecule has 0 unspecified atom stereocenters. The molecule has 0 saturated carbocycles. The Balaban J connectivity index is 2.00. The second kappa shape index (κ2) is 4.69. The lowest BCUT2D eigenvalue weighted by atomic mass is 9.96. The van der Waals surface area contributed by atoms with E-state index in [9.17, 15) is 0 Å². The maximum Gasteiger partial charge on any atom is 0.113 e. The van der Waals surface area contributed by atoms with Crippen LogP contribution < -0.4 is 5.19 Å². The highest BCUT2D eigenvalue weighted by molar-refractivity contribution is 7.07. The minimum absolute atomic E-state index is 1.20. The van der Waals surface area contributed by atoms with E-state index in [0.29, 0.717) is 0 Å². The van der Waals surface area contributed by atoms with E-state index in [1.54, 1.807) is 32.6 Å². The van der Waals surface area contributed by atoms with E-state index in [1.807, 2.05) is 0 Å². The largest absolute Gasteiger partial charge is 0.113 e. The molecular formula is C21H24Si. The van der Waals surface area contributed by atoms with Crippen molar-refractivity contribution < 1.29 is 0 Å². The fraction of sp³-hybridized carbons (Fsp3) is 0.333. The van der Waals surface area contributed by atoms with Gasteiger partial charge in [0.2, 0.25) is 0 Å². The SMILES string of the molecule is CCCC1=C2c3c(ccc(c3-c3ccc(C)cc3)[Si]2(C)C)C1. The van der Waals surface area contributed by atoms with Crippen LogP contribution in [0.2, 0.25) is 13.1 Å². The molecule has 2 aromatic carbocycles. The zero-order valence-electron chi connectivity index (χ0n) is 14.1. The summed E-state index contributed by atoms with van der Waals surface area (Å²) in [4.78, 5) is 0. The van der Waals surface area contributed by atoms with Gasteiger partial charge in [-0.1, -0.05) is 74.0 Å². The summed E-state index contributed by atoms with van der Waals surface area (Å²) in [6.45, 7) is 9.58. The molecule has 1 heteroatoms. The van der Waals surface area contributed by atoms with Crippen LogP contribution in [0.1, 0.15) is 36.5 Å². The molecule has 0 spiro atoms. The predicted octanol–water partition coefficient (Wildman–Crippen LogP) is 5.24. The first-order valence-corrected chi connectivity index (χ1v) is 11.5. The van der Waals surface area contributed by atoms with E-state index in [4.69, 9.17) is 0 Å². The molecule has 0 fully saturated rings. The van der Waals surface area contributed by atoms with Crippen molar-refractivity contribution in [2.75, 3.05) is 0 Å². The fourth-order valence-electron chi connectivity index (χ4n) is 4.52. The summed E-state index contributed by atoms with van der Waals surface area (Å²) in [7, 11) is -1.50. The van der Waals surface area contributed by atoms with Crippen LogP contribution in [0.5, 0.6) is 0 Å². The zero-order chi connectivity index (χ0) is 15.5. The summed E-state index contributed by atoms with van der Waals surface area (Å²) >= 11 is 0. The Morgan fingerprint density at radius 1 is 0.955 bits per heavy atom. The number of aryl methyl sites for hydroxylation is 1. The molecule has 4 rings (SSSR count). The summed E-state index contributed by atoms with van der Waals surface area (Å²) < 4.78 is 0. The average Bonchev–Trinajstić information content (AvgIpc) is 2.92. The van der Waals surface area contributed by atoms with E-state index in [2.05, 4.69) is 63.3 Å². The number of hydrogen-bond donors (Lipinski definition) is 0. The number of fused-ring (bicyclic) bond motifs is 1. The minimum atomic E-state index is -1.50. The lowest BCUT2D eigenvalue weighted by Gasteiger charge is -2.22. The first-order valence-electron chi connectivity index (χ1n) is 8.50. The van der Waals surface area contributed by atoms with Gasteiger partial charge >= 0.3 is 0 Å². The van der Waals surface area contributed by atoms with Crippen LogP contribution in [0.25, 0.3) is 16.3 Å². The summed E-state index contributed by atoms with van der Waals surface area (Å²) in [5, 5.41) is 3.43. The highest BCUT2D eigenvalue weighted by Crippen LogP contribution is 2.50. The van der Waals surface area contributed by atoms with E-state index >= 15 is 0 Å². The molecular weight excluding hydrogens is 280 g/mol. The topological polar surface area (TPSA) is 0 Å². The third kappa shape index (κ3) is 1.75. The van der Waals surface area contributed by atoms with Gasteiger partial charge in [-0.3, -0.25) is 0 Å². The second-order valence-electron chi connectivity index (χ2n) is 7.42. The summed E-state index contributed by atoms with van der Waals surface area (Å²) in [6, 6.07) is 14.0. The summed E-state index contributed by atoms with van der Waals surface area (Å²) in [5.74, 6) is 0. The van der Waals surface area contributed by atoms with Crippen molar-refractivity contribution in [3.05, 3.63) is 58.7 Å². The highest BCUT2D eigenvalue weighted by Gasteiger charge is 2.45. The van der Waals surface area contributed by atoms with Crippen LogP contribution in [-0.2, 0) is 6.42 Å². The van der Waals surface area contributed by atoms with Crippen LogP contribution in [0.4, 0.5) is 0 Å². The minimum Gasteiger partial charge on any atom is -0.0655 e. The predicted molar refractivity (Wildman–Crippen MR) is 99.3 cm³/mol. The van der Waals surface area contributed by atoms with Crippen molar-refractivity contribution in [3.63, 3.8) is 0 Å². The van der Waals surface area contributed by atoms with Crippen LogP contribution in [0, 0.1) is 6.92 Å². The van der Waals surface area contributed by atoms with Crippen molar-refractivity contribution in [1.29, 1.82) is 0 Å². The van der Waals surface area contributed by atoms with Crippen molar-refractivity contribution >= 4 is 18.5 Å². The number of allylic oxidation sites excluding steroid dienone is 1. The summed E-state index contributed by atoms with van der Waals surface area (Å²) in [5.41, 5.74) is 9.28. The van der Waals surface area contributed by atoms with Gasteiger partial charge < -0.3 is 0 Å². The van der Waals surface area contributed by atoms with Crippen molar-refractivity contribution in [3.8, 4) is 11.1 Å². The first kappa shape index (κ1) is 14.0. The molecule has 2 bridgehead atoms. The van der Waals surface area contributed by atoms with Gasteiger partial charge in [0, 0.05) is 0 Å². The molecule has 2 aliphatic rings. The monoisotopic (exact) mass is 304 g/mol. The lowest BCUT2D eigenvalue weighted by molar-refractivity contribution is 0.885. The van der Waals surface area contributed by atoms with Gasteiger partial charge in [-0.15, -0.1) is 0 Å². The van der Waals surface area contributed by atoms with Gasteiger partial charge in [-0.2, -0.15) is 0 Å². The molecule has 0 atom stereocenters. The second-order valence-corrected chi connectivity index (χ2v) is 11.7.